The minimum atomic E-state index is -0.285. The van der Waals surface area contributed by atoms with Crippen LogP contribution in [0, 0.1) is 23.2 Å². The van der Waals surface area contributed by atoms with Crippen molar-refractivity contribution in [3.05, 3.63) is 33.2 Å². The first-order valence-electron chi connectivity index (χ1n) is 8.09. The molecular weight excluding hydrogens is 326 g/mol. The lowest BCUT2D eigenvalue weighted by molar-refractivity contribution is 0.464. The molecule has 2 fully saturated rings. The Hall–Kier alpha value is -2.10. The second-order valence-corrected chi connectivity index (χ2v) is 7.11. The molecule has 2 aliphatic heterocycles. The molecule has 0 aromatic carbocycles. The summed E-state index contributed by atoms with van der Waals surface area (Å²) in [6.07, 6.45) is 0. The SMILES string of the molecule is C[C@H]1NC[C@@H]2CN(c3c(C#N)c(=O)n(C)c4ccc(Cl)nc34)C[C@@H]21. The van der Waals surface area contributed by atoms with Gasteiger partial charge in [0.15, 0.2) is 0 Å². The number of fused-ring (bicyclic) bond motifs is 2. The molecule has 0 aliphatic carbocycles. The lowest BCUT2D eigenvalue weighted by Gasteiger charge is -2.24. The van der Waals surface area contributed by atoms with Gasteiger partial charge in [0, 0.05) is 32.7 Å². The minimum absolute atomic E-state index is 0.153. The smallest absolute Gasteiger partial charge is 0.270 e. The number of pyridine rings is 2. The maximum atomic E-state index is 12.6. The number of anilines is 1. The second-order valence-electron chi connectivity index (χ2n) is 6.73. The van der Waals surface area contributed by atoms with E-state index in [4.69, 9.17) is 11.6 Å². The monoisotopic (exact) mass is 343 g/mol. The van der Waals surface area contributed by atoms with Crippen LogP contribution in [0.4, 0.5) is 5.69 Å². The van der Waals surface area contributed by atoms with Gasteiger partial charge in [0.1, 0.15) is 22.3 Å². The van der Waals surface area contributed by atoms with Crippen LogP contribution in [-0.2, 0) is 7.05 Å². The number of nitriles is 1. The summed E-state index contributed by atoms with van der Waals surface area (Å²) in [7, 11) is 1.66. The van der Waals surface area contributed by atoms with E-state index in [9.17, 15) is 10.1 Å². The number of hydrogen-bond donors (Lipinski definition) is 1. The highest BCUT2D eigenvalue weighted by molar-refractivity contribution is 6.29. The Morgan fingerprint density at radius 2 is 2.21 bits per heavy atom. The van der Waals surface area contributed by atoms with Gasteiger partial charge in [-0.15, -0.1) is 0 Å². The maximum Gasteiger partial charge on any atom is 0.270 e. The van der Waals surface area contributed by atoms with E-state index in [-0.39, 0.29) is 11.1 Å². The Labute approximate surface area is 144 Å². The summed E-state index contributed by atoms with van der Waals surface area (Å²) in [5, 5.41) is 13.5. The zero-order valence-electron chi connectivity index (χ0n) is 13.6. The molecule has 0 unspecified atom stereocenters. The summed E-state index contributed by atoms with van der Waals surface area (Å²) < 4.78 is 1.47. The number of aromatic nitrogens is 2. The topological polar surface area (TPSA) is 74.0 Å². The van der Waals surface area contributed by atoms with E-state index in [1.54, 1.807) is 19.2 Å². The van der Waals surface area contributed by atoms with Crippen molar-refractivity contribution in [2.45, 2.75) is 13.0 Å². The van der Waals surface area contributed by atoms with E-state index < -0.39 is 0 Å². The Kier molecular flexibility index (Phi) is 3.52. The molecule has 2 aromatic rings. The zero-order valence-corrected chi connectivity index (χ0v) is 14.3. The van der Waals surface area contributed by atoms with Crippen molar-refractivity contribution in [2.24, 2.45) is 18.9 Å². The van der Waals surface area contributed by atoms with Gasteiger partial charge in [-0.2, -0.15) is 5.26 Å². The fourth-order valence-electron chi connectivity index (χ4n) is 4.13. The van der Waals surface area contributed by atoms with E-state index in [0.29, 0.717) is 39.8 Å². The predicted octanol–water partition coefficient (Wildman–Crippen LogP) is 1.50. The van der Waals surface area contributed by atoms with Gasteiger partial charge < -0.3 is 14.8 Å². The average molecular weight is 344 g/mol. The molecule has 0 saturated carbocycles. The quantitative estimate of drug-likeness (QED) is 0.794. The Morgan fingerprint density at radius 3 is 2.92 bits per heavy atom. The largest absolute Gasteiger partial charge is 0.368 e. The normalized spacial score (nSPS) is 25.9. The number of rotatable bonds is 1. The van der Waals surface area contributed by atoms with Crippen LogP contribution in [0.2, 0.25) is 5.15 Å². The molecule has 1 N–H and O–H groups in total. The van der Waals surface area contributed by atoms with Gasteiger partial charge in [-0.1, -0.05) is 11.6 Å². The van der Waals surface area contributed by atoms with Gasteiger partial charge in [0.05, 0.1) is 11.2 Å². The Bertz CT molecular complexity index is 931. The molecule has 4 heterocycles. The van der Waals surface area contributed by atoms with Crippen molar-refractivity contribution in [2.75, 3.05) is 24.5 Å². The van der Waals surface area contributed by atoms with Crippen LogP contribution in [-0.4, -0.2) is 35.2 Å². The molecule has 0 bridgehead atoms. The summed E-state index contributed by atoms with van der Waals surface area (Å²) in [6, 6.07) is 6.00. The van der Waals surface area contributed by atoms with Gasteiger partial charge in [-0.3, -0.25) is 4.79 Å². The third kappa shape index (κ3) is 2.12. The summed E-state index contributed by atoms with van der Waals surface area (Å²) in [5.41, 5.74) is 1.83. The van der Waals surface area contributed by atoms with E-state index in [0.717, 1.165) is 19.6 Å². The standard InChI is InChI=1S/C17H18ClN5O/c1-9-12-8-23(7-10(12)6-20-9)16-11(5-19)17(24)22(2)13-3-4-14(18)21-15(13)16/h3-4,9-10,12,20H,6-8H2,1-2H3/t9-,10-,12-/m1/s1. The van der Waals surface area contributed by atoms with Gasteiger partial charge in [0.2, 0.25) is 0 Å². The van der Waals surface area contributed by atoms with Crippen molar-refractivity contribution in [1.82, 2.24) is 14.9 Å². The van der Waals surface area contributed by atoms with Crippen LogP contribution in [0.5, 0.6) is 0 Å². The van der Waals surface area contributed by atoms with Crippen molar-refractivity contribution in [1.29, 1.82) is 5.26 Å². The van der Waals surface area contributed by atoms with Gasteiger partial charge >= 0.3 is 0 Å². The van der Waals surface area contributed by atoms with Crippen LogP contribution in [0.1, 0.15) is 12.5 Å². The number of nitrogens with one attached hydrogen (secondary N) is 1. The second kappa shape index (κ2) is 5.47. The molecule has 0 spiro atoms. The summed E-state index contributed by atoms with van der Waals surface area (Å²) in [5.74, 6) is 1.06. The lowest BCUT2D eigenvalue weighted by Crippen LogP contribution is -2.33. The van der Waals surface area contributed by atoms with Gasteiger partial charge in [-0.05, 0) is 30.9 Å². The van der Waals surface area contributed by atoms with Crippen LogP contribution in [0.3, 0.4) is 0 Å². The van der Waals surface area contributed by atoms with Crippen molar-refractivity contribution >= 4 is 28.3 Å². The first-order valence-corrected chi connectivity index (χ1v) is 8.46. The Balaban J connectivity index is 1.95. The highest BCUT2D eigenvalue weighted by atomic mass is 35.5. The molecule has 24 heavy (non-hydrogen) atoms. The molecule has 6 nitrogen and oxygen atoms in total. The number of hydrogen-bond acceptors (Lipinski definition) is 5. The van der Waals surface area contributed by atoms with Gasteiger partial charge in [0.25, 0.3) is 5.56 Å². The molecule has 4 rings (SSSR count). The minimum Gasteiger partial charge on any atom is -0.368 e. The summed E-state index contributed by atoms with van der Waals surface area (Å²) in [4.78, 5) is 19.2. The van der Waals surface area contributed by atoms with Crippen molar-refractivity contribution < 1.29 is 0 Å². The predicted molar refractivity (Wildman–Crippen MR) is 93.4 cm³/mol. The lowest BCUT2D eigenvalue weighted by atomic mass is 9.95. The molecule has 0 amide bonds. The van der Waals surface area contributed by atoms with Gasteiger partial charge in [-0.25, -0.2) is 4.98 Å². The zero-order chi connectivity index (χ0) is 17.0. The van der Waals surface area contributed by atoms with E-state index >= 15 is 0 Å². The first kappa shape index (κ1) is 15.4. The molecular formula is C17H18ClN5O. The van der Waals surface area contributed by atoms with Crippen LogP contribution in [0.15, 0.2) is 16.9 Å². The number of aryl methyl sites for hydroxylation is 1. The number of nitrogens with zero attached hydrogens (tertiary/aromatic N) is 4. The van der Waals surface area contributed by atoms with Crippen LogP contribution >= 0.6 is 11.6 Å². The van der Waals surface area contributed by atoms with E-state index in [1.165, 1.54) is 4.57 Å². The van der Waals surface area contributed by atoms with Crippen LogP contribution in [0.25, 0.3) is 11.0 Å². The van der Waals surface area contributed by atoms with Crippen molar-refractivity contribution in [3.8, 4) is 6.07 Å². The van der Waals surface area contributed by atoms with Crippen LogP contribution < -0.4 is 15.8 Å². The highest BCUT2D eigenvalue weighted by Gasteiger charge is 2.42. The molecule has 3 atom stereocenters. The molecule has 2 aromatic heterocycles. The van der Waals surface area contributed by atoms with E-state index in [1.807, 2.05) is 0 Å². The number of halogens is 1. The fraction of sp³-hybridized carbons (Fsp3) is 0.471. The molecule has 2 aliphatic rings. The fourth-order valence-corrected chi connectivity index (χ4v) is 4.28. The first-order chi connectivity index (χ1) is 11.5. The maximum absolute atomic E-state index is 12.6. The molecule has 7 heteroatoms. The summed E-state index contributed by atoms with van der Waals surface area (Å²) in [6.45, 7) is 4.81. The molecule has 0 radical (unpaired) electrons. The highest BCUT2D eigenvalue weighted by Crippen LogP contribution is 2.37. The summed E-state index contributed by atoms with van der Waals surface area (Å²) >= 11 is 6.09. The third-order valence-electron chi connectivity index (χ3n) is 5.44. The Morgan fingerprint density at radius 1 is 1.42 bits per heavy atom. The molecule has 2 saturated heterocycles. The molecule has 124 valence electrons. The van der Waals surface area contributed by atoms with E-state index in [2.05, 4.69) is 28.2 Å². The van der Waals surface area contributed by atoms with Crippen molar-refractivity contribution in [3.63, 3.8) is 0 Å². The third-order valence-corrected chi connectivity index (χ3v) is 5.66. The average Bonchev–Trinajstić information content (AvgIpc) is 3.12.